The number of nitrogen functional groups attached to an aromatic ring is 1. The van der Waals surface area contributed by atoms with E-state index in [1.807, 2.05) is 60.7 Å². The van der Waals surface area contributed by atoms with Crippen molar-refractivity contribution in [2.45, 2.75) is 88.6 Å². The van der Waals surface area contributed by atoms with E-state index in [2.05, 4.69) is 34.7 Å². The SMILES string of the molecule is Nc1ncnc2c1c(-c1ccc(Oc3ccccc3)cc1)nn2C1CCC(CN2CC3CCC2CN3c2cc3c(cc2F)CN(C2CCC(=O)NC2=O)C3)CC1. The molecule has 7 heterocycles. The van der Waals surface area contributed by atoms with Crippen molar-refractivity contribution in [1.29, 1.82) is 0 Å². The predicted molar refractivity (Wildman–Crippen MR) is 210 cm³/mol. The van der Waals surface area contributed by atoms with E-state index in [9.17, 15) is 9.59 Å². The lowest BCUT2D eigenvalue weighted by Crippen LogP contribution is -2.63. The molecule has 2 bridgehead atoms. The molecule has 5 aliphatic heterocycles. The highest BCUT2D eigenvalue weighted by atomic mass is 19.1. The number of piperidine rings is 3. The van der Waals surface area contributed by atoms with Crippen molar-refractivity contribution in [3.63, 3.8) is 0 Å². The minimum atomic E-state index is -0.352. The zero-order valence-corrected chi connectivity index (χ0v) is 31.3. The number of aromatic nitrogens is 4. The lowest BCUT2D eigenvalue weighted by molar-refractivity contribution is -0.137. The number of halogens is 1. The Labute approximate surface area is 324 Å². The minimum Gasteiger partial charge on any atom is -0.457 e. The smallest absolute Gasteiger partial charge is 0.243 e. The normalized spacial score (nSPS) is 25.4. The third-order valence-electron chi connectivity index (χ3n) is 12.9. The van der Waals surface area contributed by atoms with Crippen molar-refractivity contribution in [3.05, 3.63) is 90.0 Å². The Morgan fingerprint density at radius 1 is 0.821 bits per heavy atom. The molecule has 3 unspecified atom stereocenters. The van der Waals surface area contributed by atoms with E-state index < -0.39 is 0 Å². The molecule has 13 heteroatoms. The first kappa shape index (κ1) is 35.0. The van der Waals surface area contributed by atoms with E-state index in [1.165, 1.54) is 6.33 Å². The molecule has 5 aromatic rings. The van der Waals surface area contributed by atoms with Crippen LogP contribution in [0.25, 0.3) is 22.3 Å². The maximum atomic E-state index is 15.8. The maximum Gasteiger partial charge on any atom is 0.243 e. The lowest BCUT2D eigenvalue weighted by atomic mass is 9.83. The second-order valence-corrected chi connectivity index (χ2v) is 16.3. The van der Waals surface area contributed by atoms with Gasteiger partial charge in [0.15, 0.2) is 5.65 Å². The van der Waals surface area contributed by atoms with Gasteiger partial charge in [-0.15, -0.1) is 0 Å². The number of hydrogen-bond acceptors (Lipinski definition) is 10. The lowest BCUT2D eigenvalue weighted by Gasteiger charge is -2.53. The number of ether oxygens (including phenoxy) is 1. The van der Waals surface area contributed by atoms with Crippen LogP contribution in [-0.2, 0) is 22.7 Å². The van der Waals surface area contributed by atoms with Gasteiger partial charge >= 0.3 is 0 Å². The summed E-state index contributed by atoms with van der Waals surface area (Å²) in [5, 5.41) is 8.39. The standard InChI is InChI=1S/C43H46FN9O3/c44-35-18-28-21-51(36-16-17-38(54)48-43(36)55)22-29(28)19-37(35)52-24-31-12-13-32(52)23-50(31)20-26-6-10-30(11-7-26)53-42-39(41(45)46-25-47-42)40(49-53)27-8-14-34(15-9-27)56-33-4-2-1-3-5-33/h1-5,8-9,14-15,18-19,25-26,30-32,36H,6-7,10-13,16-17,20-24H2,(H2,45,46,47)(H,48,54,55). The summed E-state index contributed by atoms with van der Waals surface area (Å²) in [5.41, 5.74) is 11.7. The van der Waals surface area contributed by atoms with Crippen molar-refractivity contribution in [3.8, 4) is 22.8 Å². The molecule has 5 fully saturated rings. The Hall–Kier alpha value is -5.40. The Kier molecular flexibility index (Phi) is 8.93. The molecule has 56 heavy (non-hydrogen) atoms. The number of piperazine rings is 1. The van der Waals surface area contributed by atoms with Gasteiger partial charge in [0.2, 0.25) is 11.8 Å². The molecule has 0 spiro atoms. The van der Waals surface area contributed by atoms with Gasteiger partial charge in [-0.25, -0.2) is 19.0 Å². The summed E-state index contributed by atoms with van der Waals surface area (Å²) in [4.78, 5) is 40.3. The van der Waals surface area contributed by atoms with Crippen LogP contribution < -0.4 is 20.7 Å². The summed E-state index contributed by atoms with van der Waals surface area (Å²) in [6, 6.07) is 21.9. The number of rotatable bonds is 8. The van der Waals surface area contributed by atoms with E-state index >= 15 is 4.39 Å². The summed E-state index contributed by atoms with van der Waals surface area (Å²) in [5.74, 6) is 1.91. The van der Waals surface area contributed by atoms with Crippen molar-refractivity contribution < 1.29 is 18.7 Å². The monoisotopic (exact) mass is 755 g/mol. The molecule has 6 aliphatic rings. The Morgan fingerprint density at radius 2 is 1.55 bits per heavy atom. The van der Waals surface area contributed by atoms with Gasteiger partial charge in [-0.05, 0) is 111 Å². The van der Waals surface area contributed by atoms with Crippen molar-refractivity contribution in [2.75, 3.05) is 30.3 Å². The van der Waals surface area contributed by atoms with Crippen LogP contribution in [0.3, 0.4) is 0 Å². The number of nitrogens with zero attached hydrogens (tertiary/aromatic N) is 7. The van der Waals surface area contributed by atoms with Crippen LogP contribution in [0, 0.1) is 11.7 Å². The van der Waals surface area contributed by atoms with E-state index in [0.29, 0.717) is 49.4 Å². The van der Waals surface area contributed by atoms with Crippen molar-refractivity contribution in [2.24, 2.45) is 5.92 Å². The quantitative estimate of drug-likeness (QED) is 0.176. The van der Waals surface area contributed by atoms with Crippen molar-refractivity contribution >= 4 is 34.4 Å². The number of anilines is 2. The van der Waals surface area contributed by atoms with Crippen molar-refractivity contribution in [1.82, 2.24) is 34.9 Å². The zero-order chi connectivity index (χ0) is 37.9. The zero-order valence-electron chi connectivity index (χ0n) is 31.3. The number of carbonyl (C=O) groups excluding carboxylic acids is 2. The van der Waals surface area contributed by atoms with Crippen LogP contribution in [0.5, 0.6) is 11.5 Å². The molecule has 288 valence electrons. The fourth-order valence-electron chi connectivity index (χ4n) is 10.0. The number of fused-ring (bicyclic) bond motifs is 5. The summed E-state index contributed by atoms with van der Waals surface area (Å²) in [6.07, 6.45) is 8.81. The molecule has 3 aromatic carbocycles. The highest BCUT2D eigenvalue weighted by Crippen LogP contribution is 2.41. The Morgan fingerprint density at radius 3 is 2.30 bits per heavy atom. The molecule has 3 N–H and O–H groups in total. The molecular formula is C43H46FN9O3. The highest BCUT2D eigenvalue weighted by molar-refractivity contribution is 6.00. The number of nitrogens with two attached hydrogens (primary N) is 1. The summed E-state index contributed by atoms with van der Waals surface area (Å²) < 4.78 is 23.9. The van der Waals surface area contributed by atoms with Gasteiger partial charge in [0.25, 0.3) is 0 Å². The highest BCUT2D eigenvalue weighted by Gasteiger charge is 2.42. The van der Waals surface area contributed by atoms with E-state index in [1.54, 1.807) is 6.07 Å². The Balaban J connectivity index is 0.783. The van der Waals surface area contributed by atoms with Gasteiger partial charge in [-0.2, -0.15) is 5.10 Å². The number of amides is 2. The first-order chi connectivity index (χ1) is 27.3. The maximum absolute atomic E-state index is 15.8. The van der Waals surface area contributed by atoms with E-state index in [0.717, 1.165) is 103 Å². The molecule has 0 radical (unpaired) electrons. The number of carbonyl (C=O) groups is 2. The molecule has 1 saturated carbocycles. The molecule has 2 aromatic heterocycles. The number of nitrogens with one attached hydrogen (secondary N) is 1. The minimum absolute atomic E-state index is 0.179. The third kappa shape index (κ3) is 6.46. The molecule has 1 aliphatic carbocycles. The second kappa shape index (κ2) is 14.3. The first-order valence-corrected chi connectivity index (χ1v) is 20.1. The van der Waals surface area contributed by atoms with Crippen LogP contribution in [0.2, 0.25) is 0 Å². The molecule has 3 atom stereocenters. The molecule has 12 nitrogen and oxygen atoms in total. The largest absolute Gasteiger partial charge is 0.457 e. The fraction of sp³-hybridized carbons (Fsp3) is 0.419. The number of imide groups is 1. The van der Waals surface area contributed by atoms with Gasteiger partial charge in [0, 0.05) is 56.8 Å². The van der Waals surface area contributed by atoms with Gasteiger partial charge in [0.05, 0.1) is 23.2 Å². The van der Waals surface area contributed by atoms with Crippen LogP contribution in [0.15, 0.2) is 73.1 Å². The molecular weight excluding hydrogens is 710 g/mol. The molecule has 2 amide bonds. The molecule has 11 rings (SSSR count). The number of para-hydroxylation sites is 1. The van der Waals surface area contributed by atoms with Crippen LogP contribution in [-0.4, -0.2) is 79.1 Å². The second-order valence-electron chi connectivity index (χ2n) is 16.3. The fourth-order valence-corrected chi connectivity index (χ4v) is 10.0. The predicted octanol–water partition coefficient (Wildman–Crippen LogP) is 6.21. The van der Waals surface area contributed by atoms with Crippen LogP contribution in [0.4, 0.5) is 15.9 Å². The number of benzene rings is 3. The number of hydrogen-bond donors (Lipinski definition) is 2. The van der Waals surface area contributed by atoms with E-state index in [4.69, 9.17) is 15.6 Å². The summed E-state index contributed by atoms with van der Waals surface area (Å²) >= 11 is 0. The summed E-state index contributed by atoms with van der Waals surface area (Å²) in [7, 11) is 0. The molecule has 4 saturated heterocycles. The summed E-state index contributed by atoms with van der Waals surface area (Å²) in [6.45, 7) is 3.96. The van der Waals surface area contributed by atoms with Gasteiger partial charge in [-0.3, -0.25) is 24.7 Å². The average Bonchev–Trinajstić information content (AvgIpc) is 3.81. The average molecular weight is 756 g/mol. The first-order valence-electron chi connectivity index (χ1n) is 20.1. The Bertz CT molecular complexity index is 2290. The topological polar surface area (TPSA) is 135 Å². The van der Waals surface area contributed by atoms with Crippen LogP contribution in [0.1, 0.15) is 68.5 Å². The van der Waals surface area contributed by atoms with Gasteiger partial charge < -0.3 is 15.4 Å². The van der Waals surface area contributed by atoms with Gasteiger partial charge in [-0.1, -0.05) is 18.2 Å². The van der Waals surface area contributed by atoms with Gasteiger partial charge in [0.1, 0.15) is 35.2 Å². The van der Waals surface area contributed by atoms with Crippen LogP contribution >= 0.6 is 0 Å². The third-order valence-corrected chi connectivity index (χ3v) is 12.9. The van der Waals surface area contributed by atoms with E-state index in [-0.39, 0.29) is 35.8 Å².